The fourth-order valence-corrected chi connectivity index (χ4v) is 2.03. The van der Waals surface area contributed by atoms with Crippen LogP contribution < -0.4 is 22.1 Å². The van der Waals surface area contributed by atoms with Crippen LogP contribution in [0, 0.1) is 0 Å². The van der Waals surface area contributed by atoms with Gasteiger partial charge in [-0.05, 0) is 39.0 Å². The van der Waals surface area contributed by atoms with Gasteiger partial charge in [-0.3, -0.25) is 9.69 Å². The maximum absolute atomic E-state index is 12.1. The molecule has 0 atom stereocenters. The summed E-state index contributed by atoms with van der Waals surface area (Å²) in [6.45, 7) is 5.34. The van der Waals surface area contributed by atoms with Crippen LogP contribution >= 0.6 is 11.6 Å². The molecule has 7 nitrogen and oxygen atoms in total. The highest BCUT2D eigenvalue weighted by atomic mass is 35.5. The largest absolute Gasteiger partial charge is 0.370 e. The normalized spacial score (nSPS) is 10.9. The van der Waals surface area contributed by atoms with Crippen molar-refractivity contribution >= 4 is 35.2 Å². The Morgan fingerprint density at radius 2 is 1.76 bits per heavy atom. The lowest BCUT2D eigenvalue weighted by molar-refractivity contribution is 0.100. The van der Waals surface area contributed by atoms with Crippen molar-refractivity contribution in [2.75, 3.05) is 4.90 Å². The van der Waals surface area contributed by atoms with E-state index in [1.165, 1.54) is 17.0 Å². The molecule has 1 aromatic carbocycles. The smallest absolute Gasteiger partial charge is 0.319 e. The van der Waals surface area contributed by atoms with Gasteiger partial charge in [-0.2, -0.15) is 4.99 Å². The van der Waals surface area contributed by atoms with Crippen molar-refractivity contribution in [1.82, 2.24) is 0 Å². The van der Waals surface area contributed by atoms with Gasteiger partial charge in [0.25, 0.3) is 5.91 Å². The molecule has 8 heteroatoms. The summed E-state index contributed by atoms with van der Waals surface area (Å²) in [7, 11) is 0. The van der Waals surface area contributed by atoms with Crippen molar-refractivity contribution in [3.63, 3.8) is 0 Å². The Labute approximate surface area is 127 Å². The van der Waals surface area contributed by atoms with Crippen LogP contribution in [-0.2, 0) is 0 Å². The van der Waals surface area contributed by atoms with Crippen molar-refractivity contribution < 1.29 is 9.59 Å². The molecule has 1 rings (SSSR count). The summed E-state index contributed by atoms with van der Waals surface area (Å²) < 4.78 is 0. The maximum atomic E-state index is 12.1. The number of aliphatic imine (C=N–C) groups is 1. The van der Waals surface area contributed by atoms with Crippen LogP contribution in [0.4, 0.5) is 10.5 Å². The van der Waals surface area contributed by atoms with Crippen LogP contribution in [-0.4, -0.2) is 23.4 Å². The lowest BCUT2D eigenvalue weighted by atomic mass is 10.0. The predicted octanol–water partition coefficient (Wildman–Crippen LogP) is 1.44. The number of hydrogen-bond acceptors (Lipinski definition) is 2. The molecule has 0 aliphatic carbocycles. The van der Waals surface area contributed by atoms with E-state index >= 15 is 0 Å². The number of urea groups is 1. The standard InChI is InChI=1S/C13H18ClN5O2/c1-13(2,3)19(12(17)21)9-5-4-7(14)6-8(9)10(20)18-11(15)16/h4-6H,1-3H3,(H2,17,21)(H4,15,16,18,20). The van der Waals surface area contributed by atoms with E-state index in [-0.39, 0.29) is 17.2 Å². The van der Waals surface area contributed by atoms with Crippen LogP contribution in [0.5, 0.6) is 0 Å². The van der Waals surface area contributed by atoms with Gasteiger partial charge >= 0.3 is 6.03 Å². The van der Waals surface area contributed by atoms with E-state index in [0.29, 0.717) is 5.02 Å². The molecule has 0 bridgehead atoms. The molecule has 0 saturated carbocycles. The van der Waals surface area contributed by atoms with E-state index in [1.807, 2.05) is 0 Å². The minimum Gasteiger partial charge on any atom is -0.370 e. The molecule has 0 aliphatic heterocycles. The first kappa shape index (κ1) is 16.8. The number of hydrogen-bond donors (Lipinski definition) is 3. The number of carbonyl (C=O) groups excluding carboxylic acids is 2. The highest BCUT2D eigenvalue weighted by Crippen LogP contribution is 2.30. The van der Waals surface area contributed by atoms with Gasteiger partial charge < -0.3 is 17.2 Å². The zero-order valence-electron chi connectivity index (χ0n) is 12.1. The highest BCUT2D eigenvalue weighted by Gasteiger charge is 2.29. The number of primary amides is 1. The van der Waals surface area contributed by atoms with Gasteiger partial charge in [-0.25, -0.2) is 4.79 Å². The second kappa shape index (κ2) is 6.01. The third-order valence-electron chi connectivity index (χ3n) is 2.55. The number of carbonyl (C=O) groups is 2. The molecule has 0 aromatic heterocycles. The topological polar surface area (TPSA) is 128 Å². The Morgan fingerprint density at radius 3 is 2.19 bits per heavy atom. The number of guanidine groups is 1. The summed E-state index contributed by atoms with van der Waals surface area (Å²) in [6, 6.07) is 3.75. The van der Waals surface area contributed by atoms with Crippen LogP contribution in [0.2, 0.25) is 5.02 Å². The number of halogens is 1. The maximum Gasteiger partial charge on any atom is 0.319 e. The van der Waals surface area contributed by atoms with Crippen molar-refractivity contribution in [3.8, 4) is 0 Å². The molecule has 0 unspecified atom stereocenters. The van der Waals surface area contributed by atoms with Gasteiger partial charge in [0.15, 0.2) is 5.96 Å². The van der Waals surface area contributed by atoms with Crippen molar-refractivity contribution in [1.29, 1.82) is 0 Å². The third kappa shape index (κ3) is 4.09. The van der Waals surface area contributed by atoms with Crippen LogP contribution in [0.25, 0.3) is 0 Å². The minimum absolute atomic E-state index is 0.0876. The third-order valence-corrected chi connectivity index (χ3v) is 2.79. The predicted molar refractivity (Wildman–Crippen MR) is 83.4 cm³/mol. The molecule has 1 aromatic rings. The van der Waals surface area contributed by atoms with E-state index in [1.54, 1.807) is 26.8 Å². The summed E-state index contributed by atoms with van der Waals surface area (Å²) >= 11 is 5.90. The van der Waals surface area contributed by atoms with Crippen LogP contribution in [0.3, 0.4) is 0 Å². The number of rotatable bonds is 2. The molecule has 0 fully saturated rings. The first-order valence-corrected chi connectivity index (χ1v) is 6.45. The highest BCUT2D eigenvalue weighted by molar-refractivity contribution is 6.31. The Kier molecular flexibility index (Phi) is 4.80. The van der Waals surface area contributed by atoms with Crippen LogP contribution in [0.15, 0.2) is 23.2 Å². The van der Waals surface area contributed by atoms with Gasteiger partial charge in [0.05, 0.1) is 11.3 Å². The van der Waals surface area contributed by atoms with E-state index in [0.717, 1.165) is 0 Å². The fourth-order valence-electron chi connectivity index (χ4n) is 1.86. The Balaban J connectivity index is 3.52. The molecule has 0 radical (unpaired) electrons. The molecule has 0 heterocycles. The number of benzene rings is 1. The Bertz CT molecular complexity index is 603. The Morgan fingerprint density at radius 1 is 1.19 bits per heavy atom. The fraction of sp³-hybridized carbons (Fsp3) is 0.308. The van der Waals surface area contributed by atoms with Gasteiger partial charge in [0.2, 0.25) is 0 Å². The SMILES string of the molecule is CC(C)(C)N(C(N)=O)c1ccc(Cl)cc1C(=O)N=C(N)N. The zero-order chi connectivity index (χ0) is 16.4. The van der Waals surface area contributed by atoms with Gasteiger partial charge in [0, 0.05) is 10.6 Å². The lowest BCUT2D eigenvalue weighted by Gasteiger charge is -2.35. The average molecular weight is 312 g/mol. The minimum atomic E-state index is -0.706. The van der Waals surface area contributed by atoms with Crippen LogP contribution in [0.1, 0.15) is 31.1 Å². The van der Waals surface area contributed by atoms with Gasteiger partial charge in [-0.15, -0.1) is 0 Å². The molecule has 21 heavy (non-hydrogen) atoms. The zero-order valence-corrected chi connectivity index (χ0v) is 12.8. The Hall–Kier alpha value is -2.28. The van der Waals surface area contributed by atoms with Crippen molar-refractivity contribution in [3.05, 3.63) is 28.8 Å². The van der Waals surface area contributed by atoms with E-state index in [9.17, 15) is 9.59 Å². The summed E-state index contributed by atoms with van der Waals surface area (Å²) in [5.74, 6) is -1.09. The van der Waals surface area contributed by atoms with E-state index in [2.05, 4.69) is 4.99 Å². The quantitative estimate of drug-likeness (QED) is 0.563. The molecule has 0 aliphatic rings. The summed E-state index contributed by atoms with van der Waals surface area (Å²) in [5, 5.41) is 0.311. The molecule has 0 spiro atoms. The molecular weight excluding hydrogens is 294 g/mol. The van der Waals surface area contributed by atoms with Gasteiger partial charge in [0.1, 0.15) is 0 Å². The first-order chi connectivity index (χ1) is 9.54. The molecular formula is C13H18ClN5O2. The lowest BCUT2D eigenvalue weighted by Crippen LogP contribution is -2.49. The van der Waals surface area contributed by atoms with Gasteiger partial charge in [-0.1, -0.05) is 11.6 Å². The summed E-state index contributed by atoms with van der Waals surface area (Å²) in [6.07, 6.45) is 0. The average Bonchev–Trinajstić information content (AvgIpc) is 2.27. The summed E-state index contributed by atoms with van der Waals surface area (Å²) in [4.78, 5) is 28.6. The molecule has 0 saturated heterocycles. The molecule has 114 valence electrons. The van der Waals surface area contributed by atoms with Crippen molar-refractivity contribution in [2.24, 2.45) is 22.2 Å². The monoisotopic (exact) mass is 311 g/mol. The van der Waals surface area contributed by atoms with E-state index < -0.39 is 17.5 Å². The molecule has 3 amide bonds. The first-order valence-electron chi connectivity index (χ1n) is 6.07. The number of nitrogens with zero attached hydrogens (tertiary/aromatic N) is 2. The number of amides is 3. The van der Waals surface area contributed by atoms with E-state index in [4.69, 9.17) is 28.8 Å². The number of nitrogens with two attached hydrogens (primary N) is 3. The van der Waals surface area contributed by atoms with Crippen molar-refractivity contribution in [2.45, 2.75) is 26.3 Å². The molecule has 6 N–H and O–H groups in total. The summed E-state index contributed by atoms with van der Waals surface area (Å²) in [5.41, 5.74) is 15.6. The second-order valence-corrected chi connectivity index (χ2v) is 5.78. The second-order valence-electron chi connectivity index (χ2n) is 5.35. The number of anilines is 1.